The summed E-state index contributed by atoms with van der Waals surface area (Å²) in [5, 5.41) is 5.11. The van der Waals surface area contributed by atoms with Gasteiger partial charge in [0, 0.05) is 41.5 Å². The zero-order chi connectivity index (χ0) is 23.1. The summed E-state index contributed by atoms with van der Waals surface area (Å²) in [6, 6.07) is 9.09. The van der Waals surface area contributed by atoms with Crippen molar-refractivity contribution in [3.05, 3.63) is 76.9 Å². The van der Waals surface area contributed by atoms with E-state index in [-0.39, 0.29) is 18.6 Å². The largest absolute Gasteiger partial charge is 0.383 e. The molecule has 0 saturated carbocycles. The second kappa shape index (κ2) is 8.04. The number of nitrogens with two attached hydrogens (primary N) is 1. The molecular formula is C25H22N6O2. The summed E-state index contributed by atoms with van der Waals surface area (Å²) < 4.78 is 7.44. The number of benzene rings is 1. The van der Waals surface area contributed by atoms with Gasteiger partial charge in [-0.2, -0.15) is 5.10 Å². The van der Waals surface area contributed by atoms with Gasteiger partial charge in [0.1, 0.15) is 5.82 Å². The molecule has 4 heterocycles. The maximum Gasteiger partial charge on any atom is 0.258 e. The van der Waals surface area contributed by atoms with Gasteiger partial charge in [0.15, 0.2) is 0 Å². The molecule has 0 saturated heterocycles. The Kier molecular flexibility index (Phi) is 5.04. The molecule has 1 atom stereocenters. The van der Waals surface area contributed by atoms with Gasteiger partial charge in [-0.15, -0.1) is 6.42 Å². The van der Waals surface area contributed by atoms with Gasteiger partial charge in [-0.1, -0.05) is 5.92 Å². The molecule has 8 nitrogen and oxygen atoms in total. The summed E-state index contributed by atoms with van der Waals surface area (Å²) in [5.41, 5.74) is 11.4. The van der Waals surface area contributed by atoms with E-state index in [9.17, 15) is 4.79 Å². The number of hydrogen-bond donors (Lipinski definition) is 1. The molecule has 5 rings (SSSR count). The minimum absolute atomic E-state index is 0.125. The van der Waals surface area contributed by atoms with Crippen molar-refractivity contribution in [3.63, 3.8) is 0 Å². The third-order valence-electron chi connectivity index (χ3n) is 5.85. The molecule has 0 spiro atoms. The fraction of sp³-hybridized carbons (Fsp3) is 0.200. The van der Waals surface area contributed by atoms with Crippen LogP contribution in [0.15, 0.2) is 48.9 Å². The topological polar surface area (TPSA) is 99.2 Å². The molecule has 0 aliphatic carbocycles. The van der Waals surface area contributed by atoms with Crippen LogP contribution in [0.2, 0.25) is 0 Å². The first-order chi connectivity index (χ1) is 15.9. The molecule has 1 aliphatic rings. The van der Waals surface area contributed by atoms with Crippen LogP contribution in [0.3, 0.4) is 0 Å². The number of hydrogen-bond acceptors (Lipinski definition) is 6. The number of amides is 1. The van der Waals surface area contributed by atoms with Gasteiger partial charge in [-0.3, -0.25) is 19.4 Å². The Morgan fingerprint density at radius 3 is 2.88 bits per heavy atom. The smallest absolute Gasteiger partial charge is 0.258 e. The van der Waals surface area contributed by atoms with E-state index in [1.165, 1.54) is 0 Å². The van der Waals surface area contributed by atoms with E-state index in [0.717, 1.165) is 22.0 Å². The fourth-order valence-electron chi connectivity index (χ4n) is 4.15. The fourth-order valence-corrected chi connectivity index (χ4v) is 4.15. The average Bonchev–Trinajstić information content (AvgIpc) is 3.43. The average molecular weight is 438 g/mol. The highest BCUT2D eigenvalue weighted by molar-refractivity contribution is 6.08. The van der Waals surface area contributed by atoms with Crippen molar-refractivity contribution >= 4 is 28.3 Å². The monoisotopic (exact) mass is 438 g/mol. The van der Waals surface area contributed by atoms with Crippen molar-refractivity contribution in [2.24, 2.45) is 7.05 Å². The maximum atomic E-state index is 13.7. The van der Waals surface area contributed by atoms with Crippen LogP contribution < -0.4 is 10.6 Å². The Bertz CT molecular complexity index is 1420. The Labute approximate surface area is 191 Å². The molecule has 33 heavy (non-hydrogen) atoms. The van der Waals surface area contributed by atoms with Crippen molar-refractivity contribution < 1.29 is 9.53 Å². The van der Waals surface area contributed by atoms with Crippen molar-refractivity contribution in [1.82, 2.24) is 19.7 Å². The number of carbonyl (C=O) groups is 1. The number of nitrogen functional groups attached to an aromatic ring is 1. The lowest BCUT2D eigenvalue weighted by Crippen LogP contribution is -2.30. The van der Waals surface area contributed by atoms with Gasteiger partial charge in [-0.05, 0) is 42.8 Å². The first-order valence-corrected chi connectivity index (χ1v) is 10.5. The summed E-state index contributed by atoms with van der Waals surface area (Å²) in [6.45, 7) is 2.66. The second-order valence-corrected chi connectivity index (χ2v) is 8.02. The molecule has 1 aromatic carbocycles. The Morgan fingerprint density at radius 2 is 2.18 bits per heavy atom. The first kappa shape index (κ1) is 20.7. The number of nitrogens with zero attached hydrogens (tertiary/aromatic N) is 5. The molecule has 0 bridgehead atoms. The van der Waals surface area contributed by atoms with Crippen LogP contribution in [-0.4, -0.2) is 25.7 Å². The van der Waals surface area contributed by atoms with E-state index >= 15 is 0 Å². The molecule has 1 amide bonds. The number of carbonyl (C=O) groups excluding carboxylic acids is 1. The SMILES string of the molecule is C#Cc1ccc(CN(C(=O)c2ccc3nc(N)c4c(c3c2)COC4C)c2cnn(C)c2)nc1. The number of aromatic nitrogens is 4. The second-order valence-electron chi connectivity index (χ2n) is 8.02. The van der Waals surface area contributed by atoms with E-state index in [2.05, 4.69) is 21.0 Å². The van der Waals surface area contributed by atoms with Crippen LogP contribution in [0.1, 0.15) is 45.8 Å². The lowest BCUT2D eigenvalue weighted by Gasteiger charge is -2.21. The van der Waals surface area contributed by atoms with Crippen molar-refractivity contribution in [3.8, 4) is 12.3 Å². The van der Waals surface area contributed by atoms with Crippen molar-refractivity contribution in [1.29, 1.82) is 0 Å². The maximum absolute atomic E-state index is 13.7. The van der Waals surface area contributed by atoms with Gasteiger partial charge in [0.25, 0.3) is 5.91 Å². The van der Waals surface area contributed by atoms with Gasteiger partial charge in [0.05, 0.1) is 42.4 Å². The number of aryl methyl sites for hydroxylation is 1. The van der Waals surface area contributed by atoms with E-state index in [0.29, 0.717) is 34.9 Å². The van der Waals surface area contributed by atoms with Crippen LogP contribution in [-0.2, 0) is 24.9 Å². The van der Waals surface area contributed by atoms with E-state index in [4.69, 9.17) is 16.9 Å². The predicted octanol–water partition coefficient (Wildman–Crippen LogP) is 3.37. The van der Waals surface area contributed by atoms with Crippen molar-refractivity contribution in [2.75, 3.05) is 10.6 Å². The standard InChI is InChI=1S/C25H22N6O2/c1-4-16-5-7-18(27-10-16)12-31(19-11-28-30(3)13-19)25(32)17-6-8-22-20(9-17)21-14-33-15(2)23(21)24(26)29-22/h1,5-11,13,15H,12,14H2,2-3H3,(H2,26,29). The van der Waals surface area contributed by atoms with Gasteiger partial charge >= 0.3 is 0 Å². The minimum atomic E-state index is -0.176. The molecular weight excluding hydrogens is 416 g/mol. The van der Waals surface area contributed by atoms with E-state index in [1.807, 2.05) is 38.2 Å². The van der Waals surface area contributed by atoms with Crippen LogP contribution in [0.4, 0.5) is 11.5 Å². The zero-order valence-corrected chi connectivity index (χ0v) is 18.3. The predicted molar refractivity (Wildman–Crippen MR) is 125 cm³/mol. The minimum Gasteiger partial charge on any atom is -0.383 e. The lowest BCUT2D eigenvalue weighted by atomic mass is 10.00. The molecule has 2 N–H and O–H groups in total. The number of rotatable bonds is 4. The highest BCUT2D eigenvalue weighted by Crippen LogP contribution is 2.38. The molecule has 0 radical (unpaired) electrons. The Balaban J connectivity index is 1.56. The quantitative estimate of drug-likeness (QED) is 0.491. The number of anilines is 2. The van der Waals surface area contributed by atoms with Gasteiger partial charge < -0.3 is 10.5 Å². The molecule has 8 heteroatoms. The Hall–Kier alpha value is -4.22. The molecule has 0 fully saturated rings. The molecule has 164 valence electrons. The summed E-state index contributed by atoms with van der Waals surface area (Å²) >= 11 is 0. The van der Waals surface area contributed by atoms with E-state index < -0.39 is 0 Å². The van der Waals surface area contributed by atoms with Crippen LogP contribution >= 0.6 is 0 Å². The highest BCUT2D eigenvalue weighted by Gasteiger charge is 2.27. The lowest BCUT2D eigenvalue weighted by molar-refractivity contribution is 0.0801. The summed E-state index contributed by atoms with van der Waals surface area (Å²) in [7, 11) is 1.81. The number of terminal acetylenes is 1. The molecule has 1 unspecified atom stereocenters. The molecule has 4 aromatic rings. The van der Waals surface area contributed by atoms with Crippen LogP contribution in [0, 0.1) is 12.3 Å². The Morgan fingerprint density at radius 1 is 1.33 bits per heavy atom. The van der Waals surface area contributed by atoms with E-state index in [1.54, 1.807) is 34.2 Å². The molecule has 1 aliphatic heterocycles. The third kappa shape index (κ3) is 3.69. The van der Waals surface area contributed by atoms with Gasteiger partial charge in [-0.25, -0.2) is 4.98 Å². The highest BCUT2D eigenvalue weighted by atomic mass is 16.5. The van der Waals surface area contributed by atoms with Gasteiger partial charge in [0.2, 0.25) is 0 Å². The normalized spacial score (nSPS) is 14.8. The summed E-state index contributed by atoms with van der Waals surface area (Å²) in [4.78, 5) is 24.3. The summed E-state index contributed by atoms with van der Waals surface area (Å²) in [5.74, 6) is 2.85. The third-order valence-corrected chi connectivity index (χ3v) is 5.85. The first-order valence-electron chi connectivity index (χ1n) is 10.5. The summed E-state index contributed by atoms with van der Waals surface area (Å²) in [6.07, 6.45) is 10.4. The number of pyridine rings is 2. The number of ether oxygens (including phenoxy) is 1. The van der Waals surface area contributed by atoms with Crippen LogP contribution in [0.5, 0.6) is 0 Å². The van der Waals surface area contributed by atoms with Crippen molar-refractivity contribution in [2.45, 2.75) is 26.2 Å². The zero-order valence-electron chi connectivity index (χ0n) is 18.3. The number of fused-ring (bicyclic) bond motifs is 3. The molecule has 3 aromatic heterocycles. The van der Waals surface area contributed by atoms with Crippen LogP contribution in [0.25, 0.3) is 10.9 Å².